The minimum absolute atomic E-state index is 0.195. The predicted molar refractivity (Wildman–Crippen MR) is 162 cm³/mol. The monoisotopic (exact) mass is 532 g/mol. The van der Waals surface area contributed by atoms with Gasteiger partial charge in [0.2, 0.25) is 0 Å². The Morgan fingerprint density at radius 1 is 0.579 bits per heavy atom. The molecule has 0 aromatic heterocycles. The molecule has 0 N–H and O–H groups in total. The first-order chi connectivity index (χ1) is 18.6. The van der Waals surface area contributed by atoms with Gasteiger partial charge in [0.15, 0.2) is 0 Å². The van der Waals surface area contributed by atoms with Crippen LogP contribution in [0, 0.1) is 17.7 Å². The topological polar surface area (TPSA) is 0 Å². The highest BCUT2D eigenvalue weighted by atomic mass is 35.5. The number of hydrogen-bond acceptors (Lipinski definition) is 0. The summed E-state index contributed by atoms with van der Waals surface area (Å²) in [7, 11) is 0. The Kier molecular flexibility index (Phi) is 11.8. The van der Waals surface area contributed by atoms with Gasteiger partial charge in [-0.3, -0.25) is 0 Å². The zero-order valence-electron chi connectivity index (χ0n) is 23.4. The highest BCUT2D eigenvalue weighted by Gasteiger charge is 2.21. The van der Waals surface area contributed by atoms with Gasteiger partial charge in [-0.15, -0.1) is 0 Å². The molecule has 1 saturated carbocycles. The molecule has 0 nitrogen and oxygen atoms in total. The molecule has 38 heavy (non-hydrogen) atoms. The van der Waals surface area contributed by atoms with Crippen molar-refractivity contribution in [1.29, 1.82) is 0 Å². The minimum atomic E-state index is -0.327. The Bertz CT molecular complexity index is 1080. The van der Waals surface area contributed by atoms with E-state index in [2.05, 4.69) is 55.5 Å². The maximum atomic E-state index is 13.7. The second-order valence-electron chi connectivity index (χ2n) is 11.7. The number of unbranched alkanes of at least 4 members (excludes halogenated alkanes) is 3. The fraction of sp³-hybridized carbons (Fsp3) is 0.500. The van der Waals surface area contributed by atoms with Crippen molar-refractivity contribution >= 4 is 11.6 Å². The van der Waals surface area contributed by atoms with Crippen LogP contribution in [0.25, 0.3) is 0 Å². The third kappa shape index (κ3) is 9.57. The van der Waals surface area contributed by atoms with Crippen molar-refractivity contribution in [3.63, 3.8) is 0 Å². The van der Waals surface area contributed by atoms with E-state index in [1.807, 2.05) is 6.07 Å². The highest BCUT2D eigenvalue weighted by Crippen LogP contribution is 2.34. The van der Waals surface area contributed by atoms with Gasteiger partial charge < -0.3 is 0 Å². The van der Waals surface area contributed by atoms with Crippen LogP contribution in [0.2, 0.25) is 5.02 Å². The summed E-state index contributed by atoms with van der Waals surface area (Å²) >= 11 is 5.79. The fourth-order valence-electron chi connectivity index (χ4n) is 6.04. The van der Waals surface area contributed by atoms with E-state index in [-0.39, 0.29) is 10.8 Å². The summed E-state index contributed by atoms with van der Waals surface area (Å²) in [6.45, 7) is 2.28. The van der Waals surface area contributed by atoms with Gasteiger partial charge in [0.1, 0.15) is 5.82 Å². The average molecular weight is 533 g/mol. The van der Waals surface area contributed by atoms with Crippen molar-refractivity contribution in [3.05, 3.63) is 105 Å². The third-order valence-electron chi connectivity index (χ3n) is 8.70. The molecule has 0 saturated heterocycles. The van der Waals surface area contributed by atoms with Crippen LogP contribution in [0.5, 0.6) is 0 Å². The minimum Gasteiger partial charge on any atom is -0.205 e. The number of rotatable bonds is 14. The summed E-state index contributed by atoms with van der Waals surface area (Å²) in [6.07, 6.45) is 19.1. The molecule has 1 aliphatic rings. The molecule has 0 atom stereocenters. The summed E-state index contributed by atoms with van der Waals surface area (Å²) in [5.74, 6) is 1.47. The molecule has 0 amide bonds. The molecule has 0 bridgehead atoms. The largest absolute Gasteiger partial charge is 0.205 e. The van der Waals surface area contributed by atoms with E-state index in [9.17, 15) is 4.39 Å². The van der Waals surface area contributed by atoms with Crippen LogP contribution in [0.1, 0.15) is 98.9 Å². The van der Waals surface area contributed by atoms with E-state index in [1.165, 1.54) is 106 Å². The number of halogens is 2. The van der Waals surface area contributed by atoms with E-state index < -0.39 is 0 Å². The SMILES string of the molecule is CCCCCCc1ccc(CC[C@H]2CC[C@H](CCc3ccc(CCc4ccc(Cl)c(F)c4)cc3)CC2)cc1. The van der Waals surface area contributed by atoms with E-state index in [0.717, 1.165) is 30.2 Å². The smallest absolute Gasteiger partial charge is 0.142 e. The van der Waals surface area contributed by atoms with Crippen molar-refractivity contribution in [2.75, 3.05) is 0 Å². The van der Waals surface area contributed by atoms with Gasteiger partial charge in [-0.1, -0.05) is 118 Å². The summed E-state index contributed by atoms with van der Waals surface area (Å²) in [5.41, 5.74) is 6.79. The van der Waals surface area contributed by atoms with Crippen LogP contribution in [-0.4, -0.2) is 0 Å². The van der Waals surface area contributed by atoms with E-state index in [0.29, 0.717) is 0 Å². The standard InChI is InChI=1S/C36H46ClF/c1-2-3-4-5-6-28-7-9-29(10-8-28)11-12-30-13-15-31(16-14-30)17-18-32-19-21-33(22-20-32)23-24-34-25-26-35(37)36(38)27-34/h7-10,19-22,25-27,30-31H,2-6,11-18,23-24H2,1H3/t30-,31-. The van der Waals surface area contributed by atoms with Gasteiger partial charge in [0.05, 0.1) is 5.02 Å². The lowest BCUT2D eigenvalue weighted by atomic mass is 9.77. The van der Waals surface area contributed by atoms with Crippen molar-refractivity contribution in [2.45, 2.75) is 103 Å². The summed E-state index contributed by atoms with van der Waals surface area (Å²) < 4.78 is 13.7. The molecule has 1 fully saturated rings. The van der Waals surface area contributed by atoms with Crippen LogP contribution >= 0.6 is 11.6 Å². The van der Waals surface area contributed by atoms with E-state index >= 15 is 0 Å². The zero-order chi connectivity index (χ0) is 26.6. The van der Waals surface area contributed by atoms with Crippen molar-refractivity contribution in [1.82, 2.24) is 0 Å². The average Bonchev–Trinajstić information content (AvgIpc) is 2.95. The molecule has 0 spiro atoms. The van der Waals surface area contributed by atoms with Crippen molar-refractivity contribution < 1.29 is 4.39 Å². The number of hydrogen-bond donors (Lipinski definition) is 0. The summed E-state index contributed by atoms with van der Waals surface area (Å²) in [5, 5.41) is 0.195. The molecule has 0 heterocycles. The molecular weight excluding hydrogens is 487 g/mol. The molecule has 2 heteroatoms. The third-order valence-corrected chi connectivity index (χ3v) is 9.01. The Morgan fingerprint density at radius 3 is 1.53 bits per heavy atom. The first-order valence-corrected chi connectivity index (χ1v) is 15.6. The zero-order valence-corrected chi connectivity index (χ0v) is 24.1. The maximum Gasteiger partial charge on any atom is 0.142 e. The molecule has 1 aliphatic carbocycles. The van der Waals surface area contributed by atoms with Gasteiger partial charge in [0.25, 0.3) is 0 Å². The number of benzene rings is 3. The Morgan fingerprint density at radius 2 is 1.03 bits per heavy atom. The first-order valence-electron chi connectivity index (χ1n) is 15.2. The molecule has 4 rings (SSSR count). The van der Waals surface area contributed by atoms with Crippen molar-refractivity contribution in [3.8, 4) is 0 Å². The molecule has 3 aromatic rings. The second-order valence-corrected chi connectivity index (χ2v) is 12.1. The van der Waals surface area contributed by atoms with E-state index in [4.69, 9.17) is 11.6 Å². The van der Waals surface area contributed by atoms with Crippen LogP contribution in [0.4, 0.5) is 4.39 Å². The molecule has 0 unspecified atom stereocenters. The Labute approximate surface area is 236 Å². The predicted octanol–water partition coefficient (Wildman–Crippen LogP) is 10.8. The van der Waals surface area contributed by atoms with Crippen LogP contribution < -0.4 is 0 Å². The van der Waals surface area contributed by atoms with Gasteiger partial charge in [-0.25, -0.2) is 4.39 Å². The fourth-order valence-corrected chi connectivity index (χ4v) is 6.15. The molecule has 0 aliphatic heterocycles. The molecule has 3 aromatic carbocycles. The van der Waals surface area contributed by atoms with Gasteiger partial charge in [-0.05, 0) is 103 Å². The molecule has 0 radical (unpaired) electrons. The lowest BCUT2D eigenvalue weighted by Crippen LogP contribution is -2.15. The lowest BCUT2D eigenvalue weighted by Gasteiger charge is -2.28. The second kappa shape index (κ2) is 15.5. The maximum absolute atomic E-state index is 13.7. The van der Waals surface area contributed by atoms with Crippen molar-refractivity contribution in [2.24, 2.45) is 11.8 Å². The van der Waals surface area contributed by atoms with Gasteiger partial charge in [-0.2, -0.15) is 0 Å². The Hall–Kier alpha value is -2.12. The van der Waals surface area contributed by atoms with Crippen LogP contribution in [0.3, 0.4) is 0 Å². The quantitative estimate of drug-likeness (QED) is 0.181. The van der Waals surface area contributed by atoms with Crippen LogP contribution in [-0.2, 0) is 32.1 Å². The molecular formula is C36H46ClF. The van der Waals surface area contributed by atoms with E-state index in [1.54, 1.807) is 12.1 Å². The van der Waals surface area contributed by atoms with Gasteiger partial charge >= 0.3 is 0 Å². The van der Waals surface area contributed by atoms with Gasteiger partial charge in [0, 0.05) is 0 Å². The number of aryl methyl sites for hydroxylation is 5. The summed E-state index contributed by atoms with van der Waals surface area (Å²) in [6, 6.07) is 23.7. The highest BCUT2D eigenvalue weighted by molar-refractivity contribution is 6.30. The van der Waals surface area contributed by atoms with Crippen LogP contribution in [0.15, 0.2) is 66.7 Å². The summed E-state index contributed by atoms with van der Waals surface area (Å²) in [4.78, 5) is 0. The molecule has 204 valence electrons. The first kappa shape index (κ1) is 28.9. The Balaban J connectivity index is 1.10. The normalized spacial score (nSPS) is 17.6. The lowest BCUT2D eigenvalue weighted by molar-refractivity contribution is 0.253.